The van der Waals surface area contributed by atoms with Crippen LogP contribution in [0.4, 0.5) is 5.69 Å². The molecule has 0 aliphatic carbocycles. The van der Waals surface area contributed by atoms with Crippen molar-refractivity contribution in [1.82, 2.24) is 4.90 Å². The Kier molecular flexibility index (Phi) is 5.43. The van der Waals surface area contributed by atoms with Crippen LogP contribution < -0.4 is 14.4 Å². The lowest BCUT2D eigenvalue weighted by Crippen LogP contribution is -2.44. The summed E-state index contributed by atoms with van der Waals surface area (Å²) in [6.45, 7) is 1.84. The van der Waals surface area contributed by atoms with Gasteiger partial charge in [-0.2, -0.15) is 0 Å². The Hall–Kier alpha value is -3.02. The molecule has 6 heteroatoms. The topological polar surface area (TPSA) is 59.1 Å². The third-order valence-corrected chi connectivity index (χ3v) is 5.93. The smallest absolute Gasteiger partial charge is 0.261 e. The summed E-state index contributed by atoms with van der Waals surface area (Å²) >= 11 is 0. The minimum atomic E-state index is -0.114. The molecule has 0 bridgehead atoms. The number of hydrogen-bond donors (Lipinski definition) is 0. The molecule has 0 atom stereocenters. The van der Waals surface area contributed by atoms with Gasteiger partial charge in [0, 0.05) is 31.2 Å². The van der Waals surface area contributed by atoms with Gasteiger partial charge in [0.05, 0.1) is 14.2 Å². The lowest BCUT2D eigenvalue weighted by atomic mass is 9.94. The SMILES string of the molecule is COc1cccc(OC)c1C(=O)N1CCC(C(=O)N2CCc3ccccc32)CC1. The molecule has 0 radical (unpaired) electrons. The van der Waals surface area contributed by atoms with Crippen molar-refractivity contribution in [2.45, 2.75) is 19.3 Å². The highest BCUT2D eigenvalue weighted by Gasteiger charge is 2.34. The summed E-state index contributed by atoms with van der Waals surface area (Å²) in [4.78, 5) is 29.9. The number of carbonyl (C=O) groups excluding carboxylic acids is 2. The number of methoxy groups -OCH3 is 2. The Balaban J connectivity index is 1.44. The third-order valence-electron chi connectivity index (χ3n) is 5.93. The van der Waals surface area contributed by atoms with Crippen LogP contribution in [0.15, 0.2) is 42.5 Å². The van der Waals surface area contributed by atoms with E-state index in [-0.39, 0.29) is 17.7 Å². The summed E-state index contributed by atoms with van der Waals surface area (Å²) in [6, 6.07) is 13.4. The number of hydrogen-bond acceptors (Lipinski definition) is 4. The van der Waals surface area contributed by atoms with Crippen LogP contribution in [0.5, 0.6) is 11.5 Å². The second kappa shape index (κ2) is 8.15. The zero-order valence-electron chi connectivity index (χ0n) is 16.9. The second-order valence-electron chi connectivity index (χ2n) is 7.47. The molecule has 152 valence electrons. The molecule has 0 unspecified atom stereocenters. The molecule has 2 amide bonds. The summed E-state index contributed by atoms with van der Waals surface area (Å²) in [5.41, 5.74) is 2.71. The highest BCUT2D eigenvalue weighted by atomic mass is 16.5. The number of amides is 2. The van der Waals surface area contributed by atoms with E-state index in [1.807, 2.05) is 23.1 Å². The van der Waals surface area contributed by atoms with Crippen molar-refractivity contribution in [3.8, 4) is 11.5 Å². The van der Waals surface area contributed by atoms with Gasteiger partial charge in [0.1, 0.15) is 17.1 Å². The van der Waals surface area contributed by atoms with Crippen molar-refractivity contribution >= 4 is 17.5 Å². The van der Waals surface area contributed by atoms with E-state index < -0.39 is 0 Å². The van der Waals surface area contributed by atoms with Crippen LogP contribution in [0.2, 0.25) is 0 Å². The van der Waals surface area contributed by atoms with E-state index in [1.54, 1.807) is 37.3 Å². The minimum absolute atomic E-state index is 0.0511. The summed E-state index contributed by atoms with van der Waals surface area (Å²) in [6.07, 6.45) is 2.24. The molecule has 2 heterocycles. The zero-order chi connectivity index (χ0) is 20.4. The Morgan fingerprint density at radius 2 is 1.55 bits per heavy atom. The Labute approximate surface area is 171 Å². The molecule has 2 aromatic carbocycles. The summed E-state index contributed by atoms with van der Waals surface area (Å²) in [7, 11) is 3.09. The van der Waals surface area contributed by atoms with Crippen molar-refractivity contribution in [3.63, 3.8) is 0 Å². The van der Waals surface area contributed by atoms with Gasteiger partial charge >= 0.3 is 0 Å². The number of anilines is 1. The third kappa shape index (κ3) is 3.55. The fourth-order valence-electron chi connectivity index (χ4n) is 4.34. The van der Waals surface area contributed by atoms with Gasteiger partial charge in [-0.3, -0.25) is 9.59 Å². The van der Waals surface area contributed by atoms with Gasteiger partial charge in [-0.15, -0.1) is 0 Å². The molecule has 6 nitrogen and oxygen atoms in total. The normalized spacial score (nSPS) is 16.5. The molecule has 0 aromatic heterocycles. The van der Waals surface area contributed by atoms with Gasteiger partial charge in [0.25, 0.3) is 5.91 Å². The lowest BCUT2D eigenvalue weighted by Gasteiger charge is -2.33. The van der Waals surface area contributed by atoms with Crippen LogP contribution in [0.3, 0.4) is 0 Å². The molecule has 2 aromatic rings. The molecule has 1 fully saturated rings. The largest absolute Gasteiger partial charge is 0.496 e. The molecule has 0 spiro atoms. The van der Waals surface area contributed by atoms with Crippen LogP contribution in [0, 0.1) is 5.92 Å². The van der Waals surface area contributed by atoms with Crippen molar-refractivity contribution in [1.29, 1.82) is 0 Å². The van der Waals surface area contributed by atoms with E-state index in [0.29, 0.717) is 43.0 Å². The predicted molar refractivity (Wildman–Crippen MR) is 111 cm³/mol. The number of piperidine rings is 1. The average Bonchev–Trinajstić information content (AvgIpc) is 3.21. The quantitative estimate of drug-likeness (QED) is 0.799. The van der Waals surface area contributed by atoms with Gasteiger partial charge in [-0.25, -0.2) is 0 Å². The van der Waals surface area contributed by atoms with Gasteiger partial charge in [0.15, 0.2) is 0 Å². The summed E-state index contributed by atoms with van der Waals surface area (Å²) in [5.74, 6) is 1.01. The highest BCUT2D eigenvalue weighted by Crippen LogP contribution is 2.33. The number of benzene rings is 2. The van der Waals surface area contributed by atoms with E-state index in [4.69, 9.17) is 9.47 Å². The van der Waals surface area contributed by atoms with Crippen LogP contribution >= 0.6 is 0 Å². The number of ether oxygens (including phenoxy) is 2. The molecule has 4 rings (SSSR count). The van der Waals surface area contributed by atoms with Gasteiger partial charge in [0.2, 0.25) is 5.91 Å². The standard InChI is InChI=1S/C23H26N2O4/c1-28-19-8-5-9-20(29-2)21(19)23(27)24-13-10-17(11-14-24)22(26)25-15-12-16-6-3-4-7-18(16)25/h3-9,17H,10-15H2,1-2H3. The lowest BCUT2D eigenvalue weighted by molar-refractivity contribution is -0.123. The maximum atomic E-state index is 13.1. The molecular weight excluding hydrogens is 368 g/mol. The molecular formula is C23H26N2O4. The maximum Gasteiger partial charge on any atom is 0.261 e. The van der Waals surface area contributed by atoms with Crippen molar-refractivity contribution in [2.75, 3.05) is 38.8 Å². The van der Waals surface area contributed by atoms with Gasteiger partial charge < -0.3 is 19.3 Å². The van der Waals surface area contributed by atoms with E-state index >= 15 is 0 Å². The van der Waals surface area contributed by atoms with Gasteiger partial charge in [-0.05, 0) is 43.0 Å². The molecule has 29 heavy (non-hydrogen) atoms. The number of nitrogens with zero attached hydrogens (tertiary/aromatic N) is 2. The monoisotopic (exact) mass is 394 g/mol. The number of rotatable bonds is 4. The molecule has 1 saturated heterocycles. The number of carbonyl (C=O) groups is 2. The van der Waals surface area contributed by atoms with Gasteiger partial charge in [-0.1, -0.05) is 24.3 Å². The first-order valence-electron chi connectivity index (χ1n) is 10.0. The van der Waals surface area contributed by atoms with Crippen LogP contribution in [0.25, 0.3) is 0 Å². The summed E-state index contributed by atoms with van der Waals surface area (Å²) in [5, 5.41) is 0. The van der Waals surface area contributed by atoms with Crippen molar-refractivity contribution in [2.24, 2.45) is 5.92 Å². The minimum Gasteiger partial charge on any atom is -0.496 e. The fourth-order valence-corrected chi connectivity index (χ4v) is 4.34. The number of fused-ring (bicyclic) bond motifs is 1. The fraction of sp³-hybridized carbons (Fsp3) is 0.391. The van der Waals surface area contributed by atoms with E-state index in [2.05, 4.69) is 6.07 Å². The Morgan fingerprint density at radius 3 is 2.21 bits per heavy atom. The summed E-state index contributed by atoms with van der Waals surface area (Å²) < 4.78 is 10.7. The van der Waals surface area contributed by atoms with Crippen LogP contribution in [0.1, 0.15) is 28.8 Å². The molecule has 2 aliphatic rings. The molecule has 0 N–H and O–H groups in total. The first-order chi connectivity index (χ1) is 14.1. The maximum absolute atomic E-state index is 13.1. The predicted octanol–water partition coefficient (Wildman–Crippen LogP) is 3.15. The number of para-hydroxylation sites is 1. The molecule has 0 saturated carbocycles. The average molecular weight is 394 g/mol. The van der Waals surface area contributed by atoms with Crippen molar-refractivity contribution < 1.29 is 19.1 Å². The van der Waals surface area contributed by atoms with Crippen LogP contribution in [-0.4, -0.2) is 50.6 Å². The van der Waals surface area contributed by atoms with E-state index in [9.17, 15) is 9.59 Å². The number of likely N-dealkylation sites (tertiary alicyclic amines) is 1. The Morgan fingerprint density at radius 1 is 0.897 bits per heavy atom. The van der Waals surface area contributed by atoms with E-state index in [0.717, 1.165) is 18.7 Å². The first kappa shape index (κ1) is 19.3. The zero-order valence-corrected chi connectivity index (χ0v) is 16.9. The Bertz CT molecular complexity index is 897. The highest BCUT2D eigenvalue weighted by molar-refractivity contribution is 6.00. The van der Waals surface area contributed by atoms with E-state index in [1.165, 1.54) is 5.56 Å². The first-order valence-corrected chi connectivity index (χ1v) is 10.0. The second-order valence-corrected chi connectivity index (χ2v) is 7.47. The van der Waals surface area contributed by atoms with Crippen LogP contribution in [-0.2, 0) is 11.2 Å². The van der Waals surface area contributed by atoms with Crippen molar-refractivity contribution in [3.05, 3.63) is 53.6 Å². The molecule has 2 aliphatic heterocycles.